The molecule has 0 unspecified atom stereocenters. The van der Waals surface area contributed by atoms with Crippen molar-refractivity contribution in [2.45, 2.75) is 19.9 Å². The number of carbonyl (C=O) groups is 4. The number of benzene rings is 1. The van der Waals surface area contributed by atoms with Crippen LogP contribution < -0.4 is 15.4 Å². The van der Waals surface area contributed by atoms with Gasteiger partial charge >= 0.3 is 17.9 Å². The minimum atomic E-state index is -1.20. The third-order valence-corrected chi connectivity index (χ3v) is 3.05. The minimum Gasteiger partial charge on any atom is -0.467 e. The predicted molar refractivity (Wildman–Crippen MR) is 94.0 cm³/mol. The highest BCUT2D eigenvalue weighted by Crippen LogP contribution is 2.22. The normalized spacial score (nSPS) is 10.8. The number of esters is 3. The molecule has 1 rings (SSSR count). The Balaban J connectivity index is 0.00000625. The van der Waals surface area contributed by atoms with Crippen LogP contribution >= 0.6 is 12.4 Å². The average Bonchev–Trinajstić information content (AvgIpc) is 2.57. The van der Waals surface area contributed by atoms with Crippen molar-refractivity contribution in [2.75, 3.05) is 25.2 Å². The lowest BCUT2D eigenvalue weighted by Gasteiger charge is -2.29. The fourth-order valence-corrected chi connectivity index (χ4v) is 2.02. The van der Waals surface area contributed by atoms with Crippen LogP contribution in [-0.4, -0.2) is 50.1 Å². The highest BCUT2D eigenvalue weighted by atomic mass is 35.5. The number of nitrogens with two attached hydrogens (primary N) is 1. The summed E-state index contributed by atoms with van der Waals surface area (Å²) in [6.07, 6.45) is 0. The van der Waals surface area contributed by atoms with Gasteiger partial charge in [-0.3, -0.25) is 19.3 Å². The fourth-order valence-electron chi connectivity index (χ4n) is 2.02. The Morgan fingerprint density at radius 1 is 1.08 bits per heavy atom. The topological polar surface area (TPSA) is 125 Å². The van der Waals surface area contributed by atoms with E-state index in [1.54, 1.807) is 0 Å². The maximum Gasteiger partial charge on any atom is 0.332 e. The van der Waals surface area contributed by atoms with Gasteiger partial charge in [0.15, 0.2) is 6.04 Å². The van der Waals surface area contributed by atoms with Crippen molar-refractivity contribution in [3.05, 3.63) is 24.3 Å². The van der Waals surface area contributed by atoms with Gasteiger partial charge in [0.2, 0.25) is 5.91 Å². The van der Waals surface area contributed by atoms with Crippen LogP contribution in [0.15, 0.2) is 24.3 Å². The first-order valence-electron chi connectivity index (χ1n) is 7.32. The summed E-state index contributed by atoms with van der Waals surface area (Å²) in [5.74, 6) is -2.19. The number of halogens is 1. The molecule has 0 aliphatic carbocycles. The third-order valence-electron chi connectivity index (χ3n) is 3.05. The van der Waals surface area contributed by atoms with E-state index in [-0.39, 0.29) is 31.3 Å². The van der Waals surface area contributed by atoms with Crippen LogP contribution in [0.5, 0.6) is 5.75 Å². The van der Waals surface area contributed by atoms with Crippen LogP contribution in [0, 0.1) is 0 Å². The second-order valence-corrected chi connectivity index (χ2v) is 4.90. The monoisotopic (exact) mass is 388 g/mol. The molecule has 1 aromatic rings. The number of carbonyl (C=O) groups excluding carboxylic acids is 4. The number of nitrogens with zero attached hydrogens (tertiary/aromatic N) is 1. The molecule has 0 aromatic heterocycles. The van der Waals surface area contributed by atoms with E-state index in [2.05, 4.69) is 4.74 Å². The van der Waals surface area contributed by atoms with Crippen LogP contribution in [0.1, 0.15) is 13.8 Å². The van der Waals surface area contributed by atoms with Gasteiger partial charge in [-0.2, -0.15) is 0 Å². The maximum atomic E-state index is 12.2. The molecule has 2 N–H and O–H groups in total. The molecular formula is C16H21ClN2O7. The van der Waals surface area contributed by atoms with Crippen LogP contribution in [0.25, 0.3) is 0 Å². The van der Waals surface area contributed by atoms with Crippen LogP contribution in [0.3, 0.4) is 0 Å². The molecule has 0 radical (unpaired) electrons. The summed E-state index contributed by atoms with van der Waals surface area (Å²) in [7, 11) is 1.15. The van der Waals surface area contributed by atoms with E-state index in [4.69, 9.17) is 15.2 Å². The molecule has 0 aliphatic heterocycles. The molecule has 0 spiro atoms. The summed E-state index contributed by atoms with van der Waals surface area (Å²) in [4.78, 5) is 47.4. The first-order chi connectivity index (χ1) is 11.8. The quantitative estimate of drug-likeness (QED) is 0.526. The zero-order chi connectivity index (χ0) is 19.0. The highest BCUT2D eigenvalue weighted by molar-refractivity contribution is 6.00. The van der Waals surface area contributed by atoms with E-state index in [1.165, 1.54) is 38.1 Å². The number of methoxy groups -OCH3 is 1. The number of amides is 1. The van der Waals surface area contributed by atoms with Gasteiger partial charge < -0.3 is 19.9 Å². The van der Waals surface area contributed by atoms with Gasteiger partial charge in [-0.25, -0.2) is 4.79 Å². The van der Waals surface area contributed by atoms with Crippen molar-refractivity contribution in [3.8, 4) is 5.75 Å². The molecular weight excluding hydrogens is 368 g/mol. The largest absolute Gasteiger partial charge is 0.467 e. The highest BCUT2D eigenvalue weighted by Gasteiger charge is 2.32. The number of anilines is 1. The molecule has 0 fully saturated rings. The first kappa shape index (κ1) is 23.4. The van der Waals surface area contributed by atoms with Crippen molar-refractivity contribution in [1.29, 1.82) is 0 Å². The minimum absolute atomic E-state index is 0. The number of hydrogen-bond donors (Lipinski definition) is 1. The summed E-state index contributed by atoms with van der Waals surface area (Å²) in [5, 5.41) is 0. The number of ether oxygens (including phenoxy) is 3. The van der Waals surface area contributed by atoms with Gasteiger partial charge in [0, 0.05) is 19.5 Å². The second kappa shape index (κ2) is 11.1. The number of hydrogen-bond acceptors (Lipinski definition) is 8. The molecule has 0 heterocycles. The fraction of sp³-hybridized carbons (Fsp3) is 0.375. The van der Waals surface area contributed by atoms with E-state index in [9.17, 15) is 19.2 Å². The smallest absolute Gasteiger partial charge is 0.332 e. The Morgan fingerprint density at radius 3 is 2.08 bits per heavy atom. The summed E-state index contributed by atoms with van der Waals surface area (Å²) < 4.78 is 14.5. The summed E-state index contributed by atoms with van der Waals surface area (Å²) in [6, 6.07) is 4.64. The number of rotatable bonds is 7. The summed E-state index contributed by atoms with van der Waals surface area (Å²) in [5.41, 5.74) is 5.72. The molecule has 26 heavy (non-hydrogen) atoms. The maximum absolute atomic E-state index is 12.2. The second-order valence-electron chi connectivity index (χ2n) is 4.90. The van der Waals surface area contributed by atoms with E-state index >= 15 is 0 Å². The SMILES string of the molecule is COC(=O)[C@H](COC(C)=O)N(C(=O)CN)c1ccc(OC(C)=O)cc1.Cl. The molecule has 0 aliphatic rings. The molecule has 0 saturated heterocycles. The predicted octanol–water partition coefficient (Wildman–Crippen LogP) is 0.430. The van der Waals surface area contributed by atoms with E-state index in [1.807, 2.05) is 0 Å². The lowest BCUT2D eigenvalue weighted by molar-refractivity contribution is -0.149. The molecule has 1 amide bonds. The van der Waals surface area contributed by atoms with E-state index in [0.29, 0.717) is 5.69 Å². The van der Waals surface area contributed by atoms with Crippen molar-refractivity contribution < 1.29 is 33.4 Å². The molecule has 1 atom stereocenters. The van der Waals surface area contributed by atoms with Gasteiger partial charge in [-0.1, -0.05) is 0 Å². The van der Waals surface area contributed by atoms with Gasteiger partial charge in [0.25, 0.3) is 0 Å². The van der Waals surface area contributed by atoms with Crippen molar-refractivity contribution in [2.24, 2.45) is 5.73 Å². The van der Waals surface area contributed by atoms with E-state index < -0.39 is 29.9 Å². The standard InChI is InChI=1S/C16H20N2O7.ClH/c1-10(19)24-9-14(16(22)23-3)18(15(21)8-17)12-4-6-13(7-5-12)25-11(2)20;/h4-7,14H,8-9,17H2,1-3H3;1H/t14-;/m0./s1. The van der Waals surface area contributed by atoms with Gasteiger partial charge in [-0.05, 0) is 24.3 Å². The zero-order valence-corrected chi connectivity index (χ0v) is 15.4. The van der Waals surface area contributed by atoms with Crippen LogP contribution in [0.2, 0.25) is 0 Å². The molecule has 0 saturated carbocycles. The Hall–Kier alpha value is -2.65. The molecule has 1 aromatic carbocycles. The van der Waals surface area contributed by atoms with Crippen molar-refractivity contribution >= 4 is 41.9 Å². The Morgan fingerprint density at radius 2 is 1.65 bits per heavy atom. The van der Waals surface area contributed by atoms with Crippen molar-refractivity contribution in [1.82, 2.24) is 0 Å². The van der Waals surface area contributed by atoms with Crippen LogP contribution in [-0.2, 0) is 28.7 Å². The molecule has 144 valence electrons. The van der Waals surface area contributed by atoms with Gasteiger partial charge in [-0.15, -0.1) is 12.4 Å². The van der Waals surface area contributed by atoms with Gasteiger partial charge in [0.05, 0.1) is 13.7 Å². The Labute approximate surface area is 156 Å². The van der Waals surface area contributed by atoms with Crippen LogP contribution in [0.4, 0.5) is 5.69 Å². The van der Waals surface area contributed by atoms with E-state index in [0.717, 1.165) is 12.0 Å². The molecule has 0 bridgehead atoms. The average molecular weight is 389 g/mol. The van der Waals surface area contributed by atoms with Crippen molar-refractivity contribution in [3.63, 3.8) is 0 Å². The summed E-state index contributed by atoms with van der Waals surface area (Å²) >= 11 is 0. The molecule has 9 nitrogen and oxygen atoms in total. The molecule has 10 heteroatoms. The third kappa shape index (κ3) is 6.69. The lowest BCUT2D eigenvalue weighted by Crippen LogP contribution is -2.51. The Bertz CT molecular complexity index is 649. The first-order valence-corrected chi connectivity index (χ1v) is 7.32. The van der Waals surface area contributed by atoms with Gasteiger partial charge in [0.1, 0.15) is 12.4 Å². The summed E-state index contributed by atoms with van der Waals surface area (Å²) in [6.45, 7) is 1.67. The Kier molecular flexibility index (Phi) is 9.93. The zero-order valence-electron chi connectivity index (χ0n) is 14.6. The lowest BCUT2D eigenvalue weighted by atomic mass is 10.2.